The molecule has 1 heterocycles. The fourth-order valence-electron chi connectivity index (χ4n) is 2.55. The largest absolute Gasteiger partial charge is 0.383 e. The van der Waals surface area contributed by atoms with E-state index in [2.05, 4.69) is 27.7 Å². The molecule has 0 radical (unpaired) electrons. The third kappa shape index (κ3) is 6.51. The number of carbonyl (C=O) groups is 1. The molecule has 128 valence electrons. The van der Waals surface area contributed by atoms with Gasteiger partial charge >= 0.3 is 0 Å². The first-order valence-corrected chi connectivity index (χ1v) is 9.23. The van der Waals surface area contributed by atoms with Crippen LogP contribution in [0.25, 0.3) is 0 Å². The zero-order chi connectivity index (χ0) is 16.5. The highest BCUT2D eigenvalue weighted by Gasteiger charge is 2.11. The van der Waals surface area contributed by atoms with E-state index in [-0.39, 0.29) is 5.91 Å². The van der Waals surface area contributed by atoms with Crippen LogP contribution in [-0.4, -0.2) is 62.2 Å². The van der Waals surface area contributed by atoms with Crippen LogP contribution in [0.15, 0.2) is 18.2 Å². The van der Waals surface area contributed by atoms with Crippen LogP contribution in [0.5, 0.6) is 0 Å². The number of rotatable bonds is 8. The molecular weight excluding hydrogens is 310 g/mol. The quantitative estimate of drug-likeness (QED) is 0.708. The Hall–Kier alpha value is -1.08. The summed E-state index contributed by atoms with van der Waals surface area (Å²) in [5.41, 5.74) is 3.31. The average molecular weight is 337 g/mol. The Morgan fingerprint density at radius 2 is 2.13 bits per heavy atom. The Kier molecular flexibility index (Phi) is 7.88. The first kappa shape index (κ1) is 18.3. The predicted octanol–water partition coefficient (Wildman–Crippen LogP) is 1.72. The third-order valence-corrected chi connectivity index (χ3v) is 4.79. The molecule has 0 spiro atoms. The fourth-order valence-corrected chi connectivity index (χ4v) is 3.53. The minimum atomic E-state index is -0.0231. The van der Waals surface area contributed by atoms with Gasteiger partial charge in [0.15, 0.2) is 0 Å². The molecule has 0 bridgehead atoms. The van der Waals surface area contributed by atoms with Gasteiger partial charge in [0.2, 0.25) is 5.91 Å². The summed E-state index contributed by atoms with van der Waals surface area (Å²) in [6.45, 7) is 6.95. The van der Waals surface area contributed by atoms with Crippen LogP contribution in [-0.2, 0) is 16.1 Å². The molecule has 1 fully saturated rings. The van der Waals surface area contributed by atoms with Gasteiger partial charge in [-0.15, -0.1) is 0 Å². The number of benzene rings is 1. The monoisotopic (exact) mass is 337 g/mol. The number of amides is 1. The van der Waals surface area contributed by atoms with Gasteiger partial charge in [-0.2, -0.15) is 11.8 Å². The van der Waals surface area contributed by atoms with Crippen molar-refractivity contribution < 1.29 is 9.53 Å². The smallest absolute Gasteiger partial charge is 0.238 e. The van der Waals surface area contributed by atoms with Crippen molar-refractivity contribution >= 4 is 23.4 Å². The van der Waals surface area contributed by atoms with Crippen molar-refractivity contribution in [1.82, 2.24) is 10.2 Å². The van der Waals surface area contributed by atoms with Gasteiger partial charge in [0.25, 0.3) is 0 Å². The lowest BCUT2D eigenvalue weighted by Crippen LogP contribution is -2.32. The van der Waals surface area contributed by atoms with Crippen LogP contribution in [0.1, 0.15) is 11.1 Å². The Labute approximate surface area is 143 Å². The number of hydrogen-bond donors (Lipinski definition) is 2. The van der Waals surface area contributed by atoms with E-state index >= 15 is 0 Å². The number of nitrogens with one attached hydrogen (secondary N) is 2. The third-order valence-electron chi connectivity index (χ3n) is 3.84. The van der Waals surface area contributed by atoms with Crippen LogP contribution >= 0.6 is 11.8 Å². The predicted molar refractivity (Wildman–Crippen MR) is 97.2 cm³/mol. The Morgan fingerprint density at radius 3 is 2.83 bits per heavy atom. The first-order valence-electron chi connectivity index (χ1n) is 8.08. The van der Waals surface area contributed by atoms with Gasteiger partial charge in [-0.25, -0.2) is 0 Å². The van der Waals surface area contributed by atoms with Gasteiger partial charge in [-0.05, 0) is 24.1 Å². The maximum atomic E-state index is 11.9. The highest BCUT2D eigenvalue weighted by molar-refractivity contribution is 7.99. The van der Waals surface area contributed by atoms with Gasteiger partial charge in [-0.3, -0.25) is 9.69 Å². The van der Waals surface area contributed by atoms with E-state index < -0.39 is 0 Å². The van der Waals surface area contributed by atoms with E-state index in [1.165, 1.54) is 17.1 Å². The van der Waals surface area contributed by atoms with Crippen LogP contribution in [0.2, 0.25) is 0 Å². The molecule has 0 saturated carbocycles. The standard InChI is InChI=1S/C17H27N3O2S/c1-14-11-15(13-20-6-9-23-10-7-20)3-4-16(14)19-17(21)12-18-5-8-22-2/h3-4,11,18H,5-10,12-13H2,1-2H3,(H,19,21). The van der Waals surface area contributed by atoms with E-state index in [4.69, 9.17) is 4.74 Å². The normalized spacial score (nSPS) is 15.6. The lowest BCUT2D eigenvalue weighted by Gasteiger charge is -2.26. The SMILES string of the molecule is COCCNCC(=O)Nc1ccc(CN2CCSCC2)cc1C. The summed E-state index contributed by atoms with van der Waals surface area (Å²) in [6.07, 6.45) is 0. The summed E-state index contributed by atoms with van der Waals surface area (Å²) in [6, 6.07) is 6.30. The number of thioether (sulfide) groups is 1. The lowest BCUT2D eigenvalue weighted by molar-refractivity contribution is -0.115. The lowest BCUT2D eigenvalue weighted by atomic mass is 10.1. The molecule has 1 aliphatic heterocycles. The van der Waals surface area contributed by atoms with Crippen molar-refractivity contribution in [1.29, 1.82) is 0 Å². The van der Waals surface area contributed by atoms with Crippen LogP contribution in [0.3, 0.4) is 0 Å². The van der Waals surface area contributed by atoms with Gasteiger partial charge in [0, 0.05) is 50.5 Å². The molecule has 1 amide bonds. The maximum Gasteiger partial charge on any atom is 0.238 e. The molecule has 0 aromatic heterocycles. The molecule has 2 rings (SSSR count). The van der Waals surface area contributed by atoms with Crippen molar-refractivity contribution in [2.45, 2.75) is 13.5 Å². The summed E-state index contributed by atoms with van der Waals surface area (Å²) < 4.78 is 4.94. The molecule has 2 N–H and O–H groups in total. The number of nitrogens with zero attached hydrogens (tertiary/aromatic N) is 1. The molecule has 6 heteroatoms. The van der Waals surface area contributed by atoms with E-state index in [1.54, 1.807) is 7.11 Å². The van der Waals surface area contributed by atoms with E-state index in [9.17, 15) is 4.79 Å². The molecule has 5 nitrogen and oxygen atoms in total. The molecule has 1 aliphatic rings. The molecule has 1 aromatic carbocycles. The van der Waals surface area contributed by atoms with Crippen LogP contribution in [0, 0.1) is 6.92 Å². The minimum absolute atomic E-state index is 0.0231. The summed E-state index contributed by atoms with van der Waals surface area (Å²) in [7, 11) is 1.65. The topological polar surface area (TPSA) is 53.6 Å². The van der Waals surface area contributed by atoms with Crippen molar-refractivity contribution in [2.24, 2.45) is 0 Å². The minimum Gasteiger partial charge on any atom is -0.383 e. The van der Waals surface area contributed by atoms with Gasteiger partial charge in [0.05, 0.1) is 13.2 Å². The number of anilines is 1. The summed E-state index contributed by atoms with van der Waals surface area (Å²) >= 11 is 2.03. The molecule has 0 aliphatic carbocycles. The first-order chi connectivity index (χ1) is 11.2. The molecule has 23 heavy (non-hydrogen) atoms. The van der Waals surface area contributed by atoms with Gasteiger partial charge in [0.1, 0.15) is 0 Å². The van der Waals surface area contributed by atoms with Crippen molar-refractivity contribution in [3.63, 3.8) is 0 Å². The molecule has 1 saturated heterocycles. The number of aryl methyl sites for hydroxylation is 1. The number of ether oxygens (including phenoxy) is 1. The van der Waals surface area contributed by atoms with E-state index in [0.717, 1.165) is 30.9 Å². The Morgan fingerprint density at radius 1 is 1.35 bits per heavy atom. The van der Waals surface area contributed by atoms with Crippen molar-refractivity contribution in [3.05, 3.63) is 29.3 Å². The van der Waals surface area contributed by atoms with E-state index in [1.807, 2.05) is 24.8 Å². The molecule has 0 unspecified atom stereocenters. The second kappa shape index (κ2) is 9.93. The van der Waals surface area contributed by atoms with E-state index in [0.29, 0.717) is 19.7 Å². The second-order valence-electron chi connectivity index (χ2n) is 5.76. The Balaban J connectivity index is 1.82. The zero-order valence-electron chi connectivity index (χ0n) is 14.1. The number of methoxy groups -OCH3 is 1. The maximum absolute atomic E-state index is 11.9. The summed E-state index contributed by atoms with van der Waals surface area (Å²) in [5.74, 6) is 2.43. The fraction of sp³-hybridized carbons (Fsp3) is 0.588. The highest BCUT2D eigenvalue weighted by atomic mass is 32.2. The van der Waals surface area contributed by atoms with Crippen molar-refractivity contribution in [3.8, 4) is 0 Å². The number of carbonyl (C=O) groups excluding carboxylic acids is 1. The number of hydrogen-bond acceptors (Lipinski definition) is 5. The Bertz CT molecular complexity index is 505. The van der Waals surface area contributed by atoms with Gasteiger partial charge < -0.3 is 15.4 Å². The molecule has 0 atom stereocenters. The van der Waals surface area contributed by atoms with Gasteiger partial charge in [-0.1, -0.05) is 12.1 Å². The molecule has 1 aromatic rings. The average Bonchev–Trinajstić information content (AvgIpc) is 2.55. The highest BCUT2D eigenvalue weighted by Crippen LogP contribution is 2.19. The molecular formula is C17H27N3O2S. The summed E-state index contributed by atoms with van der Waals surface area (Å²) in [4.78, 5) is 14.4. The second-order valence-corrected chi connectivity index (χ2v) is 6.98. The van der Waals surface area contributed by atoms with Crippen LogP contribution in [0.4, 0.5) is 5.69 Å². The van der Waals surface area contributed by atoms with Crippen LogP contribution < -0.4 is 10.6 Å². The van der Waals surface area contributed by atoms with Crippen molar-refractivity contribution in [2.75, 3.05) is 56.7 Å². The zero-order valence-corrected chi connectivity index (χ0v) is 14.9. The summed E-state index contributed by atoms with van der Waals surface area (Å²) in [5, 5.41) is 6.00.